The predicted molar refractivity (Wildman–Crippen MR) is 134 cm³/mol. The summed E-state index contributed by atoms with van der Waals surface area (Å²) in [6, 6.07) is 5.77. The molecule has 0 spiro atoms. The zero-order valence-electron chi connectivity index (χ0n) is 21.6. The normalized spacial score (nSPS) is 22.4. The van der Waals surface area contributed by atoms with Crippen molar-refractivity contribution in [3.05, 3.63) is 35.7 Å². The van der Waals surface area contributed by atoms with E-state index in [1.165, 1.54) is 0 Å². The molecule has 4 rings (SSSR count). The first kappa shape index (κ1) is 26.4. The van der Waals surface area contributed by atoms with Crippen molar-refractivity contribution in [1.82, 2.24) is 24.8 Å². The van der Waals surface area contributed by atoms with E-state index in [0.717, 1.165) is 29.2 Å². The molecule has 2 aromatic rings. The number of aliphatic hydroxyl groups excluding tert-OH is 1. The van der Waals surface area contributed by atoms with Gasteiger partial charge in [-0.15, -0.1) is 5.10 Å². The molecule has 0 saturated heterocycles. The molecule has 198 valence electrons. The summed E-state index contributed by atoms with van der Waals surface area (Å²) in [5.41, 5.74) is 1.98. The summed E-state index contributed by atoms with van der Waals surface area (Å²) < 4.78 is 20.1. The monoisotopic (exact) mass is 501 g/mol. The van der Waals surface area contributed by atoms with Crippen LogP contribution in [0.3, 0.4) is 0 Å². The first-order valence-corrected chi connectivity index (χ1v) is 12.9. The van der Waals surface area contributed by atoms with Crippen LogP contribution in [0.15, 0.2) is 24.4 Å². The zero-order valence-corrected chi connectivity index (χ0v) is 21.6. The van der Waals surface area contributed by atoms with Gasteiger partial charge in [-0.1, -0.05) is 24.3 Å². The molecule has 10 heteroatoms. The summed E-state index contributed by atoms with van der Waals surface area (Å²) in [5, 5.41) is 18.0. The highest BCUT2D eigenvalue weighted by molar-refractivity contribution is 5.76. The number of aromatic nitrogens is 3. The molecule has 2 aliphatic heterocycles. The quantitative estimate of drug-likeness (QED) is 0.642. The fourth-order valence-electron chi connectivity index (χ4n) is 4.79. The van der Waals surface area contributed by atoms with Crippen molar-refractivity contribution >= 4 is 5.91 Å². The van der Waals surface area contributed by atoms with E-state index in [-0.39, 0.29) is 30.6 Å². The molecule has 36 heavy (non-hydrogen) atoms. The summed E-state index contributed by atoms with van der Waals surface area (Å²) in [7, 11) is 2.06. The molecular formula is C26H39N5O5. The van der Waals surface area contributed by atoms with E-state index in [0.29, 0.717) is 58.8 Å². The van der Waals surface area contributed by atoms with Crippen molar-refractivity contribution in [3.8, 4) is 11.5 Å². The molecule has 0 unspecified atom stereocenters. The molecule has 0 bridgehead atoms. The molecule has 0 radical (unpaired) electrons. The van der Waals surface area contributed by atoms with E-state index >= 15 is 0 Å². The lowest BCUT2D eigenvalue weighted by atomic mass is 10.0. The van der Waals surface area contributed by atoms with Crippen LogP contribution in [-0.2, 0) is 29.2 Å². The fraction of sp³-hybridized carbons (Fsp3) is 0.654. The van der Waals surface area contributed by atoms with Crippen LogP contribution >= 0.6 is 0 Å². The lowest BCUT2D eigenvalue weighted by Gasteiger charge is -2.35. The molecule has 0 aliphatic carbocycles. The Hall–Kier alpha value is -2.69. The maximum atomic E-state index is 13.1. The van der Waals surface area contributed by atoms with Crippen molar-refractivity contribution in [2.24, 2.45) is 5.92 Å². The highest BCUT2D eigenvalue weighted by Crippen LogP contribution is 2.34. The topological polar surface area (TPSA) is 102 Å². The van der Waals surface area contributed by atoms with Gasteiger partial charge < -0.3 is 24.2 Å². The smallest absolute Gasteiger partial charge is 0.222 e. The van der Waals surface area contributed by atoms with Crippen molar-refractivity contribution in [2.45, 2.75) is 65.0 Å². The third-order valence-electron chi connectivity index (χ3n) is 6.92. The second kappa shape index (κ2) is 12.5. The minimum Gasteiger partial charge on any atom is -0.490 e. The number of nitrogens with zero attached hydrogens (tertiary/aromatic N) is 5. The van der Waals surface area contributed by atoms with Crippen LogP contribution in [0.2, 0.25) is 0 Å². The van der Waals surface area contributed by atoms with Crippen molar-refractivity contribution < 1.29 is 24.1 Å². The van der Waals surface area contributed by atoms with Crippen LogP contribution in [0.25, 0.3) is 0 Å². The number of likely N-dealkylation sites (N-methyl/N-ethyl adjacent to an activating group) is 1. The van der Waals surface area contributed by atoms with Crippen molar-refractivity contribution in [3.63, 3.8) is 0 Å². The Labute approximate surface area is 213 Å². The fourth-order valence-corrected chi connectivity index (χ4v) is 4.79. The molecule has 2 aliphatic rings. The van der Waals surface area contributed by atoms with Gasteiger partial charge in [0, 0.05) is 50.5 Å². The van der Waals surface area contributed by atoms with E-state index < -0.39 is 0 Å². The summed E-state index contributed by atoms with van der Waals surface area (Å²) >= 11 is 0. The van der Waals surface area contributed by atoms with Gasteiger partial charge in [0.2, 0.25) is 5.91 Å². The molecule has 0 fully saturated rings. The average molecular weight is 502 g/mol. The van der Waals surface area contributed by atoms with Crippen LogP contribution in [0.1, 0.15) is 44.4 Å². The van der Waals surface area contributed by atoms with Crippen molar-refractivity contribution in [1.29, 1.82) is 0 Å². The summed E-state index contributed by atoms with van der Waals surface area (Å²) in [5.74, 6) is 1.70. The second-order valence-corrected chi connectivity index (χ2v) is 9.95. The lowest BCUT2D eigenvalue weighted by Crippen LogP contribution is -2.47. The van der Waals surface area contributed by atoms with Crippen LogP contribution in [0, 0.1) is 5.92 Å². The molecule has 3 atom stereocenters. The zero-order chi connectivity index (χ0) is 25.5. The summed E-state index contributed by atoms with van der Waals surface area (Å²) in [4.78, 5) is 17.1. The first-order chi connectivity index (χ1) is 17.5. The molecular weight excluding hydrogens is 462 g/mol. The summed E-state index contributed by atoms with van der Waals surface area (Å²) in [6.45, 7) is 8.08. The third-order valence-corrected chi connectivity index (χ3v) is 6.92. The number of para-hydroxylation sites is 1. The van der Waals surface area contributed by atoms with Gasteiger partial charge in [-0.25, -0.2) is 4.68 Å². The van der Waals surface area contributed by atoms with E-state index in [4.69, 9.17) is 14.2 Å². The molecule has 1 amide bonds. The Kier molecular flexibility index (Phi) is 9.17. The van der Waals surface area contributed by atoms with Gasteiger partial charge in [0.25, 0.3) is 0 Å². The van der Waals surface area contributed by atoms with Gasteiger partial charge in [-0.05, 0) is 26.5 Å². The lowest BCUT2D eigenvalue weighted by molar-refractivity contribution is -0.136. The molecule has 1 aromatic heterocycles. The number of amides is 1. The minimum atomic E-state index is -0.250. The number of aryl methyl sites for hydroxylation is 1. The van der Waals surface area contributed by atoms with Gasteiger partial charge in [0.1, 0.15) is 0 Å². The minimum absolute atomic E-state index is 0.0432. The number of carbonyl (C=O) groups excluding carboxylic acids is 1. The number of aliphatic hydroxyl groups is 1. The molecule has 0 saturated carbocycles. The van der Waals surface area contributed by atoms with Gasteiger partial charge >= 0.3 is 0 Å². The van der Waals surface area contributed by atoms with Gasteiger partial charge in [-0.3, -0.25) is 9.69 Å². The number of rotatable bonds is 6. The van der Waals surface area contributed by atoms with Crippen LogP contribution in [0.4, 0.5) is 0 Å². The van der Waals surface area contributed by atoms with E-state index in [9.17, 15) is 9.90 Å². The van der Waals surface area contributed by atoms with Gasteiger partial charge in [-0.2, -0.15) is 0 Å². The Balaban J connectivity index is 1.51. The second-order valence-electron chi connectivity index (χ2n) is 9.95. The molecule has 1 aromatic carbocycles. The van der Waals surface area contributed by atoms with Gasteiger partial charge in [0.15, 0.2) is 11.5 Å². The predicted octanol–water partition coefficient (Wildman–Crippen LogP) is 2.10. The van der Waals surface area contributed by atoms with Crippen LogP contribution in [0.5, 0.6) is 11.5 Å². The maximum absolute atomic E-state index is 13.1. The van der Waals surface area contributed by atoms with Crippen LogP contribution in [-0.4, -0.2) is 87.9 Å². The van der Waals surface area contributed by atoms with E-state index in [1.807, 2.05) is 23.7 Å². The Morgan fingerprint density at radius 3 is 2.92 bits per heavy atom. The molecule has 1 N–H and O–H groups in total. The summed E-state index contributed by atoms with van der Waals surface area (Å²) in [6.07, 6.45) is 3.51. The molecule has 3 heterocycles. The third kappa shape index (κ3) is 6.54. The standard InChI is InChI=1S/C26H39N5O5/c1-19-14-30(20(2)17-32)25(33)9-5-10-31-22(13-27-28-31)18-36-24(19)16-29(3)15-21-7-4-8-23-26(21)35-12-6-11-34-23/h4,7-8,13,19-20,24,32H,5-6,9-12,14-18H2,1-3H3/t19-,20-,24-/m1/s1. The van der Waals surface area contributed by atoms with E-state index in [2.05, 4.69) is 35.2 Å². The number of hydrogen-bond acceptors (Lipinski definition) is 8. The Bertz CT molecular complexity index is 999. The highest BCUT2D eigenvalue weighted by Gasteiger charge is 2.28. The SMILES string of the molecule is C[C@@H]1CN([C@H](C)CO)C(=O)CCCn2nncc2CO[C@@H]1CN(C)Cc1cccc2c1OCCCO2. The number of fused-ring (bicyclic) bond motifs is 2. The van der Waals surface area contributed by atoms with Crippen molar-refractivity contribution in [2.75, 3.05) is 40.0 Å². The average Bonchev–Trinajstić information content (AvgIpc) is 3.16. The van der Waals surface area contributed by atoms with E-state index in [1.54, 1.807) is 11.1 Å². The maximum Gasteiger partial charge on any atom is 0.222 e. The number of hydrogen-bond donors (Lipinski definition) is 1. The number of benzene rings is 1. The molecule has 10 nitrogen and oxygen atoms in total. The number of ether oxygens (including phenoxy) is 3. The highest BCUT2D eigenvalue weighted by atomic mass is 16.5. The first-order valence-electron chi connectivity index (χ1n) is 12.9. The number of carbonyl (C=O) groups is 1. The van der Waals surface area contributed by atoms with Crippen LogP contribution < -0.4 is 9.47 Å². The largest absolute Gasteiger partial charge is 0.490 e. The Morgan fingerprint density at radius 2 is 2.08 bits per heavy atom. The Morgan fingerprint density at radius 1 is 1.25 bits per heavy atom. The van der Waals surface area contributed by atoms with Gasteiger partial charge in [0.05, 0.1) is 50.5 Å².